The topological polar surface area (TPSA) is 29.1 Å². The number of carbonyl (C=O) groups excluding carboxylic acids is 1. The second kappa shape index (κ2) is 5.87. The van der Waals surface area contributed by atoms with Gasteiger partial charge in [0.15, 0.2) is 5.78 Å². The van der Waals surface area contributed by atoms with E-state index in [1.165, 1.54) is 5.56 Å². The van der Waals surface area contributed by atoms with Crippen molar-refractivity contribution >= 4 is 5.78 Å². The molecule has 1 heterocycles. The smallest absolute Gasteiger partial charge is 0.169 e. The summed E-state index contributed by atoms with van der Waals surface area (Å²) in [5.41, 5.74) is 3.16. The highest BCUT2D eigenvalue weighted by Gasteiger charge is 2.39. The van der Waals surface area contributed by atoms with Gasteiger partial charge in [0.2, 0.25) is 0 Å². The number of piperidine rings is 1. The van der Waals surface area contributed by atoms with Gasteiger partial charge in [-0.1, -0.05) is 37.1 Å². The van der Waals surface area contributed by atoms with E-state index in [1.54, 1.807) is 0 Å². The van der Waals surface area contributed by atoms with Crippen LogP contribution in [0.15, 0.2) is 18.2 Å². The fourth-order valence-electron chi connectivity index (χ4n) is 3.33. The predicted molar refractivity (Wildman–Crippen MR) is 79.7 cm³/mol. The molecule has 0 unspecified atom stereocenters. The fraction of sp³-hybridized carbons (Fsp3) is 0.588. The molecule has 1 aliphatic rings. The lowest BCUT2D eigenvalue weighted by atomic mass is 9.69. The zero-order chi connectivity index (χ0) is 13.9. The van der Waals surface area contributed by atoms with Crippen LogP contribution in [0, 0.1) is 19.3 Å². The number of hydrogen-bond donors (Lipinski definition) is 1. The maximum absolute atomic E-state index is 13.0. The van der Waals surface area contributed by atoms with Crippen LogP contribution >= 0.6 is 0 Å². The number of aryl methyl sites for hydroxylation is 2. The van der Waals surface area contributed by atoms with Crippen molar-refractivity contribution in [1.82, 2.24) is 5.32 Å². The first-order valence-electron chi connectivity index (χ1n) is 7.42. The number of hydrogen-bond acceptors (Lipinski definition) is 2. The van der Waals surface area contributed by atoms with Crippen LogP contribution in [0.4, 0.5) is 0 Å². The van der Waals surface area contributed by atoms with Gasteiger partial charge < -0.3 is 5.32 Å². The molecule has 0 radical (unpaired) electrons. The van der Waals surface area contributed by atoms with E-state index in [-0.39, 0.29) is 5.41 Å². The zero-order valence-corrected chi connectivity index (χ0v) is 12.4. The summed E-state index contributed by atoms with van der Waals surface area (Å²) in [6.45, 7) is 8.25. The van der Waals surface area contributed by atoms with Crippen LogP contribution in [0.2, 0.25) is 0 Å². The quantitative estimate of drug-likeness (QED) is 0.836. The summed E-state index contributed by atoms with van der Waals surface area (Å²) in [7, 11) is 0. The van der Waals surface area contributed by atoms with Gasteiger partial charge in [0.05, 0.1) is 0 Å². The van der Waals surface area contributed by atoms with E-state index in [2.05, 4.69) is 38.2 Å². The Kier molecular flexibility index (Phi) is 4.41. The van der Waals surface area contributed by atoms with Crippen molar-refractivity contribution in [3.05, 3.63) is 34.9 Å². The van der Waals surface area contributed by atoms with Crippen LogP contribution in [0.3, 0.4) is 0 Å². The number of carbonyl (C=O) groups is 1. The van der Waals surface area contributed by atoms with Crippen LogP contribution in [0.1, 0.15) is 54.1 Å². The van der Waals surface area contributed by atoms with Gasteiger partial charge in [0.25, 0.3) is 0 Å². The van der Waals surface area contributed by atoms with Crippen molar-refractivity contribution in [1.29, 1.82) is 0 Å². The first kappa shape index (κ1) is 14.3. The third-order valence-electron chi connectivity index (χ3n) is 4.40. The molecule has 19 heavy (non-hydrogen) atoms. The van der Waals surface area contributed by atoms with E-state index >= 15 is 0 Å². The summed E-state index contributed by atoms with van der Waals surface area (Å²) in [6, 6.07) is 6.20. The summed E-state index contributed by atoms with van der Waals surface area (Å²) in [4.78, 5) is 13.0. The molecule has 0 spiro atoms. The molecule has 1 aromatic carbocycles. The normalized spacial score (nSPS) is 18.3. The van der Waals surface area contributed by atoms with Gasteiger partial charge in [-0.2, -0.15) is 0 Å². The Labute approximate surface area is 116 Å². The van der Waals surface area contributed by atoms with Crippen molar-refractivity contribution in [3.8, 4) is 0 Å². The Morgan fingerprint density at radius 3 is 2.53 bits per heavy atom. The molecule has 0 amide bonds. The van der Waals surface area contributed by atoms with E-state index in [0.717, 1.165) is 49.9 Å². The largest absolute Gasteiger partial charge is 0.317 e. The number of ketones is 1. The summed E-state index contributed by atoms with van der Waals surface area (Å²) in [6.07, 6.45) is 4.05. The van der Waals surface area contributed by atoms with Gasteiger partial charge >= 0.3 is 0 Å². The summed E-state index contributed by atoms with van der Waals surface area (Å²) in [5, 5.41) is 3.38. The van der Waals surface area contributed by atoms with E-state index in [9.17, 15) is 4.79 Å². The second-order valence-corrected chi connectivity index (χ2v) is 5.93. The third-order valence-corrected chi connectivity index (χ3v) is 4.40. The lowest BCUT2D eigenvalue weighted by Gasteiger charge is -2.36. The fourth-order valence-corrected chi connectivity index (χ4v) is 3.33. The first-order valence-corrected chi connectivity index (χ1v) is 7.42. The van der Waals surface area contributed by atoms with E-state index < -0.39 is 0 Å². The molecule has 2 nitrogen and oxygen atoms in total. The monoisotopic (exact) mass is 259 g/mol. The lowest BCUT2D eigenvalue weighted by molar-refractivity contribution is 0.0703. The molecular formula is C17H25NO. The number of nitrogens with one attached hydrogen (secondary N) is 1. The predicted octanol–water partition coefficient (Wildman–Crippen LogP) is 3.66. The molecule has 0 aliphatic carbocycles. The van der Waals surface area contributed by atoms with Gasteiger partial charge in [-0.15, -0.1) is 0 Å². The molecule has 1 saturated heterocycles. The Hall–Kier alpha value is -1.15. The maximum Gasteiger partial charge on any atom is 0.169 e. The van der Waals surface area contributed by atoms with Crippen LogP contribution < -0.4 is 5.32 Å². The average molecular weight is 259 g/mol. The van der Waals surface area contributed by atoms with Gasteiger partial charge in [0, 0.05) is 11.0 Å². The summed E-state index contributed by atoms with van der Waals surface area (Å²) >= 11 is 0. The highest BCUT2D eigenvalue weighted by atomic mass is 16.1. The minimum Gasteiger partial charge on any atom is -0.317 e. The lowest BCUT2D eigenvalue weighted by Crippen LogP contribution is -2.42. The van der Waals surface area contributed by atoms with Crippen molar-refractivity contribution in [3.63, 3.8) is 0 Å². The van der Waals surface area contributed by atoms with Crippen molar-refractivity contribution in [2.24, 2.45) is 5.41 Å². The van der Waals surface area contributed by atoms with Crippen LogP contribution in [-0.2, 0) is 0 Å². The van der Waals surface area contributed by atoms with Crippen molar-refractivity contribution in [2.75, 3.05) is 13.1 Å². The van der Waals surface area contributed by atoms with E-state index in [0.29, 0.717) is 5.78 Å². The number of benzene rings is 1. The second-order valence-electron chi connectivity index (χ2n) is 5.93. The molecule has 104 valence electrons. The Morgan fingerprint density at radius 1 is 1.26 bits per heavy atom. The van der Waals surface area contributed by atoms with Crippen molar-refractivity contribution < 1.29 is 4.79 Å². The third kappa shape index (κ3) is 2.89. The average Bonchev–Trinajstić information content (AvgIpc) is 2.39. The molecule has 1 N–H and O–H groups in total. The van der Waals surface area contributed by atoms with E-state index in [4.69, 9.17) is 0 Å². The van der Waals surface area contributed by atoms with Crippen LogP contribution in [-0.4, -0.2) is 18.9 Å². The molecule has 0 atom stereocenters. The number of Topliss-reactive ketones (excluding diaryl/α,β-unsaturated/α-hetero) is 1. The first-order chi connectivity index (χ1) is 9.09. The standard InChI is InChI=1S/C17H25NO/c1-4-7-17(8-10-18-11-9-17)16(19)15-6-5-13(2)12-14(15)3/h5-6,12,18H,4,7-11H2,1-3H3. The molecule has 0 aromatic heterocycles. The molecule has 0 bridgehead atoms. The van der Waals surface area contributed by atoms with Crippen LogP contribution in [0.5, 0.6) is 0 Å². The molecule has 0 saturated carbocycles. The van der Waals surface area contributed by atoms with E-state index in [1.807, 2.05) is 6.07 Å². The summed E-state index contributed by atoms with van der Waals surface area (Å²) < 4.78 is 0. The van der Waals surface area contributed by atoms with Gasteiger partial charge in [-0.25, -0.2) is 0 Å². The van der Waals surface area contributed by atoms with Gasteiger partial charge in [-0.3, -0.25) is 4.79 Å². The molecular weight excluding hydrogens is 234 g/mol. The Morgan fingerprint density at radius 2 is 1.95 bits per heavy atom. The molecule has 1 fully saturated rings. The minimum atomic E-state index is -0.125. The molecule has 1 aliphatic heterocycles. The van der Waals surface area contributed by atoms with Gasteiger partial charge in [-0.05, 0) is 51.8 Å². The van der Waals surface area contributed by atoms with Crippen molar-refractivity contribution in [2.45, 2.75) is 46.5 Å². The molecule has 2 heteroatoms. The Bertz CT molecular complexity index is 453. The zero-order valence-electron chi connectivity index (χ0n) is 12.4. The summed E-state index contributed by atoms with van der Waals surface area (Å²) in [5.74, 6) is 0.369. The SMILES string of the molecule is CCCC1(C(=O)c2ccc(C)cc2C)CCNCC1. The van der Waals surface area contributed by atoms with Crippen LogP contribution in [0.25, 0.3) is 0 Å². The van der Waals surface area contributed by atoms with Gasteiger partial charge in [0.1, 0.15) is 0 Å². The number of rotatable bonds is 4. The molecule has 2 rings (SSSR count). The minimum absolute atomic E-state index is 0.125. The highest BCUT2D eigenvalue weighted by Crippen LogP contribution is 2.38. The molecule has 1 aromatic rings. The highest BCUT2D eigenvalue weighted by molar-refractivity contribution is 6.01. The maximum atomic E-state index is 13.0. The Balaban J connectivity index is 2.33.